The molecule has 2 aliphatic carbocycles. The number of aromatic nitrogens is 2. The van der Waals surface area contributed by atoms with Crippen molar-refractivity contribution in [2.24, 2.45) is 11.3 Å². The topological polar surface area (TPSA) is 120 Å². The van der Waals surface area contributed by atoms with E-state index < -0.39 is 14.4 Å². The fraction of sp³-hybridized carbons (Fsp3) is 0.583. The van der Waals surface area contributed by atoms with Crippen molar-refractivity contribution >= 4 is 14.2 Å². The third-order valence-electron chi connectivity index (χ3n) is 7.16. The van der Waals surface area contributed by atoms with Crippen LogP contribution in [-0.2, 0) is 27.0 Å². The molecule has 0 aliphatic heterocycles. The summed E-state index contributed by atoms with van der Waals surface area (Å²) in [5.41, 5.74) is 6.52. The van der Waals surface area contributed by atoms with Gasteiger partial charge in [-0.2, -0.15) is 9.99 Å². The van der Waals surface area contributed by atoms with Crippen LogP contribution >= 0.6 is 8.25 Å². The van der Waals surface area contributed by atoms with Crippen molar-refractivity contribution in [3.8, 4) is 5.75 Å². The standard InChI is InChI=1S/C24H31N2O7P/c1-13-8-16(9-14(2)23(13)31-11-17(27)12-32-33-34(29)30)6-7-20(28)26-19-10-18-22(24(18,4)5)21(19)15(3)25-26/h8-9,17-18,22,27H,6-7,10-12H2,1-5H3/p+1. The van der Waals surface area contributed by atoms with Gasteiger partial charge in [0.25, 0.3) is 0 Å². The van der Waals surface area contributed by atoms with Gasteiger partial charge in [-0.1, -0.05) is 26.0 Å². The molecule has 1 heterocycles. The van der Waals surface area contributed by atoms with E-state index in [9.17, 15) is 14.5 Å². The lowest BCUT2D eigenvalue weighted by atomic mass is 9.98. The van der Waals surface area contributed by atoms with Gasteiger partial charge < -0.3 is 9.84 Å². The van der Waals surface area contributed by atoms with Crippen LogP contribution in [0.1, 0.15) is 64.6 Å². The number of carbonyl (C=O) groups excluding carboxylic acids is 1. The zero-order chi connectivity index (χ0) is 24.8. The lowest BCUT2D eigenvalue weighted by Gasteiger charge is -2.16. The molecule has 4 atom stereocenters. The summed E-state index contributed by atoms with van der Waals surface area (Å²) in [6, 6.07) is 3.96. The Bertz CT molecular complexity index is 1100. The van der Waals surface area contributed by atoms with E-state index in [1.165, 1.54) is 5.56 Å². The minimum absolute atomic E-state index is 0.0223. The van der Waals surface area contributed by atoms with E-state index in [1.807, 2.05) is 32.9 Å². The van der Waals surface area contributed by atoms with E-state index in [4.69, 9.17) is 9.63 Å². The summed E-state index contributed by atoms with van der Waals surface area (Å²) in [7, 11) is -2.88. The molecule has 0 amide bonds. The second-order valence-corrected chi connectivity index (χ2v) is 10.6. The molecule has 10 heteroatoms. The first-order valence-electron chi connectivity index (χ1n) is 11.5. The molecule has 9 nitrogen and oxygen atoms in total. The van der Waals surface area contributed by atoms with Gasteiger partial charge in [-0.05, 0) is 67.6 Å². The van der Waals surface area contributed by atoms with E-state index in [0.717, 1.165) is 34.5 Å². The highest BCUT2D eigenvalue weighted by Crippen LogP contribution is 2.70. The second kappa shape index (κ2) is 9.47. The third-order valence-corrected chi connectivity index (χ3v) is 7.39. The van der Waals surface area contributed by atoms with Gasteiger partial charge in [-0.3, -0.25) is 4.79 Å². The van der Waals surface area contributed by atoms with Crippen molar-refractivity contribution < 1.29 is 33.7 Å². The number of ether oxygens (including phenoxy) is 1. The first-order chi connectivity index (χ1) is 16.0. The number of aliphatic hydroxyl groups is 1. The van der Waals surface area contributed by atoms with Crippen molar-refractivity contribution in [3.63, 3.8) is 0 Å². The molecule has 0 saturated heterocycles. The molecule has 184 valence electrons. The molecule has 0 bridgehead atoms. The van der Waals surface area contributed by atoms with Gasteiger partial charge in [0.15, 0.2) is 0 Å². The highest BCUT2D eigenvalue weighted by atomic mass is 31.1. The van der Waals surface area contributed by atoms with Crippen LogP contribution in [0.15, 0.2) is 12.1 Å². The molecule has 34 heavy (non-hydrogen) atoms. The number of aryl methyl sites for hydroxylation is 4. The van der Waals surface area contributed by atoms with Crippen LogP contribution < -0.4 is 4.74 Å². The van der Waals surface area contributed by atoms with E-state index in [1.54, 1.807) is 4.68 Å². The molecule has 0 spiro atoms. The largest absolute Gasteiger partial charge is 0.725 e. The number of fused-ring (bicyclic) bond motifs is 3. The van der Waals surface area contributed by atoms with Crippen LogP contribution in [-0.4, -0.2) is 45.0 Å². The van der Waals surface area contributed by atoms with Crippen molar-refractivity contribution in [1.29, 1.82) is 0 Å². The predicted octanol–water partition coefficient (Wildman–Crippen LogP) is 3.71. The Morgan fingerprint density at radius 1 is 1.26 bits per heavy atom. The second-order valence-electron chi connectivity index (χ2n) is 9.98. The van der Waals surface area contributed by atoms with E-state index in [-0.39, 0.29) is 19.1 Å². The number of rotatable bonds is 10. The van der Waals surface area contributed by atoms with Gasteiger partial charge in [0.1, 0.15) is 25.1 Å². The Morgan fingerprint density at radius 3 is 2.59 bits per heavy atom. The number of hydrogen-bond acceptors (Lipinski definition) is 7. The molecule has 1 aromatic heterocycles. The van der Waals surface area contributed by atoms with Crippen molar-refractivity contribution in [2.75, 3.05) is 13.2 Å². The third kappa shape index (κ3) is 4.81. The molecule has 1 saturated carbocycles. The summed E-state index contributed by atoms with van der Waals surface area (Å²) in [4.78, 5) is 26.0. The molecule has 2 N–H and O–H groups in total. The maximum atomic E-state index is 13.0. The van der Waals surface area contributed by atoms with Crippen LogP contribution in [0.2, 0.25) is 0 Å². The number of benzene rings is 1. The van der Waals surface area contributed by atoms with Gasteiger partial charge in [0, 0.05) is 16.5 Å². The van der Waals surface area contributed by atoms with Crippen molar-refractivity contribution in [3.05, 3.63) is 45.8 Å². The van der Waals surface area contributed by atoms with Gasteiger partial charge >= 0.3 is 8.25 Å². The van der Waals surface area contributed by atoms with Crippen molar-refractivity contribution in [2.45, 2.75) is 65.9 Å². The summed E-state index contributed by atoms with van der Waals surface area (Å²) in [5, 5.41) is 14.5. The minimum atomic E-state index is -2.88. The predicted molar refractivity (Wildman–Crippen MR) is 124 cm³/mol. The molecule has 0 radical (unpaired) electrons. The zero-order valence-corrected chi connectivity index (χ0v) is 21.1. The number of hydrogen-bond donors (Lipinski definition) is 2. The fourth-order valence-electron chi connectivity index (χ4n) is 5.45. The average molecular weight is 492 g/mol. The SMILES string of the molecule is Cc1cc(CCC(=O)n2nc(C)c3c2CC2C3C2(C)C)cc(C)c1OCC(O)COO[P+](=O)O. The molecule has 4 unspecified atom stereocenters. The fourth-order valence-corrected chi connectivity index (χ4v) is 5.60. The monoisotopic (exact) mass is 491 g/mol. The molecular formula is C24H32N2O7P+. The van der Waals surface area contributed by atoms with Crippen LogP contribution in [0.3, 0.4) is 0 Å². The normalized spacial score (nSPS) is 21.1. The van der Waals surface area contributed by atoms with Crippen LogP contribution in [0.5, 0.6) is 5.75 Å². The average Bonchev–Trinajstić information content (AvgIpc) is 3.07. The van der Waals surface area contributed by atoms with Crippen molar-refractivity contribution in [1.82, 2.24) is 9.78 Å². The Hall–Kier alpha value is -2.16. The summed E-state index contributed by atoms with van der Waals surface area (Å²) in [5.74, 6) is 1.84. The maximum Gasteiger partial charge on any atom is 0.725 e. The molecule has 2 aliphatic rings. The number of nitrogens with zero attached hydrogens (tertiary/aromatic N) is 2. The highest BCUT2D eigenvalue weighted by molar-refractivity contribution is 7.31. The summed E-state index contributed by atoms with van der Waals surface area (Å²) in [6.45, 7) is 10.1. The number of carbonyl (C=O) groups is 1. The van der Waals surface area contributed by atoms with Crippen LogP contribution in [0.25, 0.3) is 0 Å². The van der Waals surface area contributed by atoms with Gasteiger partial charge in [-0.25, -0.2) is 4.68 Å². The minimum Gasteiger partial charge on any atom is -0.490 e. The van der Waals surface area contributed by atoms with E-state index in [2.05, 4.69) is 28.5 Å². The quantitative estimate of drug-likeness (QED) is 0.293. The van der Waals surface area contributed by atoms with E-state index >= 15 is 0 Å². The molecule has 1 fully saturated rings. The molecular weight excluding hydrogens is 459 g/mol. The zero-order valence-electron chi connectivity index (χ0n) is 20.2. The van der Waals surface area contributed by atoms with Gasteiger partial charge in [0.05, 0.1) is 16.1 Å². The van der Waals surface area contributed by atoms with Crippen LogP contribution in [0.4, 0.5) is 0 Å². The molecule has 2 aromatic rings. The smallest absolute Gasteiger partial charge is 0.490 e. The first kappa shape index (κ1) is 24.9. The van der Waals surface area contributed by atoms with Gasteiger partial charge in [-0.15, -0.1) is 4.89 Å². The van der Waals surface area contributed by atoms with E-state index in [0.29, 0.717) is 35.8 Å². The first-order valence-corrected chi connectivity index (χ1v) is 12.6. The summed E-state index contributed by atoms with van der Waals surface area (Å²) in [6.07, 6.45) is 0.876. The Labute approximate surface area is 199 Å². The maximum absolute atomic E-state index is 13.0. The van der Waals surface area contributed by atoms with Gasteiger partial charge in [0.2, 0.25) is 5.91 Å². The lowest BCUT2D eigenvalue weighted by molar-refractivity contribution is -0.226. The lowest BCUT2D eigenvalue weighted by Crippen LogP contribution is -2.23. The van der Waals surface area contributed by atoms with Crippen LogP contribution in [0, 0.1) is 32.1 Å². The Kier molecular flexibility index (Phi) is 6.95. The Morgan fingerprint density at radius 2 is 1.94 bits per heavy atom. The molecule has 1 aromatic carbocycles. The summed E-state index contributed by atoms with van der Waals surface area (Å²) >= 11 is 0. The highest BCUT2D eigenvalue weighted by Gasteiger charge is 2.64. The Balaban J connectivity index is 1.34. The molecule has 4 rings (SSSR count). The summed E-state index contributed by atoms with van der Waals surface area (Å²) < 4.78 is 21.8. The number of aliphatic hydroxyl groups excluding tert-OH is 1.